The van der Waals surface area contributed by atoms with Crippen LogP contribution in [0, 0.1) is 5.41 Å². The second-order valence-corrected chi connectivity index (χ2v) is 8.53. The van der Waals surface area contributed by atoms with E-state index < -0.39 is 10.0 Å². The van der Waals surface area contributed by atoms with Gasteiger partial charge in [0.25, 0.3) is 0 Å². The number of benzene rings is 1. The van der Waals surface area contributed by atoms with Crippen LogP contribution >= 0.6 is 15.9 Å². The highest BCUT2D eigenvalue weighted by Crippen LogP contribution is 2.40. The highest BCUT2D eigenvalue weighted by Gasteiger charge is 2.41. The molecule has 0 saturated carbocycles. The van der Waals surface area contributed by atoms with Gasteiger partial charge in [0.05, 0.1) is 4.90 Å². The van der Waals surface area contributed by atoms with Crippen molar-refractivity contribution in [2.24, 2.45) is 11.1 Å². The molecule has 6 heteroatoms. The molecule has 1 aliphatic rings. The first kappa shape index (κ1) is 16.9. The zero-order valence-corrected chi connectivity index (χ0v) is 15.0. The van der Waals surface area contributed by atoms with Crippen molar-refractivity contribution in [1.82, 2.24) is 4.31 Å². The average Bonchev–Trinajstić information content (AvgIpc) is 2.93. The van der Waals surface area contributed by atoms with Crippen molar-refractivity contribution in [1.29, 1.82) is 0 Å². The highest BCUT2D eigenvalue weighted by atomic mass is 79.9. The third kappa shape index (κ3) is 3.18. The lowest BCUT2D eigenvalue weighted by molar-refractivity contribution is 0.279. The Kier molecular flexibility index (Phi) is 5.13. The molecule has 0 unspecified atom stereocenters. The second kappa shape index (κ2) is 6.36. The minimum absolute atomic E-state index is 0.130. The van der Waals surface area contributed by atoms with Gasteiger partial charge in [-0.1, -0.05) is 19.9 Å². The van der Waals surface area contributed by atoms with Gasteiger partial charge < -0.3 is 5.73 Å². The molecule has 0 bridgehead atoms. The van der Waals surface area contributed by atoms with Gasteiger partial charge in [0.1, 0.15) is 0 Å². The normalized spacial score (nSPS) is 19.0. The molecule has 0 radical (unpaired) electrons. The second-order valence-electron chi connectivity index (χ2n) is 5.76. The summed E-state index contributed by atoms with van der Waals surface area (Å²) in [4.78, 5) is 0.327. The molecule has 0 aliphatic carbocycles. The van der Waals surface area contributed by atoms with Gasteiger partial charge in [0, 0.05) is 24.1 Å². The van der Waals surface area contributed by atoms with E-state index in [9.17, 15) is 8.42 Å². The molecule has 1 fully saturated rings. The van der Waals surface area contributed by atoms with Crippen LogP contribution in [0.15, 0.2) is 27.6 Å². The summed E-state index contributed by atoms with van der Waals surface area (Å²) < 4.78 is 28.0. The fourth-order valence-electron chi connectivity index (χ4n) is 2.94. The topological polar surface area (TPSA) is 63.4 Å². The molecule has 0 amide bonds. The molecule has 4 nitrogen and oxygen atoms in total. The molecule has 21 heavy (non-hydrogen) atoms. The standard InChI is InChI=1S/C15H23BrN2O2S/c1-3-15(4-2)7-8-18(11-15)21(19,20)14-9-12(10-17)5-6-13(14)16/h5-6,9H,3-4,7-8,10-11,17H2,1-2H3. The minimum atomic E-state index is -3.46. The summed E-state index contributed by atoms with van der Waals surface area (Å²) in [6, 6.07) is 5.28. The predicted octanol–water partition coefficient (Wildman–Crippen LogP) is 3.11. The van der Waals surface area contributed by atoms with Gasteiger partial charge in [0.2, 0.25) is 10.0 Å². The summed E-state index contributed by atoms with van der Waals surface area (Å²) in [5.74, 6) is 0. The van der Waals surface area contributed by atoms with E-state index in [1.54, 1.807) is 16.4 Å². The summed E-state index contributed by atoms with van der Waals surface area (Å²) >= 11 is 3.36. The van der Waals surface area contributed by atoms with Crippen LogP contribution in [0.4, 0.5) is 0 Å². The van der Waals surface area contributed by atoms with Crippen molar-refractivity contribution < 1.29 is 8.42 Å². The number of nitrogens with zero attached hydrogens (tertiary/aromatic N) is 1. The third-order valence-electron chi connectivity index (χ3n) is 4.75. The Balaban J connectivity index is 2.36. The Hall–Kier alpha value is -0.430. The monoisotopic (exact) mass is 374 g/mol. The summed E-state index contributed by atoms with van der Waals surface area (Å²) in [5, 5.41) is 0. The van der Waals surface area contributed by atoms with Crippen LogP contribution in [0.1, 0.15) is 38.7 Å². The van der Waals surface area contributed by atoms with E-state index in [-0.39, 0.29) is 5.41 Å². The van der Waals surface area contributed by atoms with Crippen LogP contribution in [0.3, 0.4) is 0 Å². The van der Waals surface area contributed by atoms with Crippen LogP contribution in [0.5, 0.6) is 0 Å². The van der Waals surface area contributed by atoms with E-state index in [2.05, 4.69) is 29.8 Å². The summed E-state index contributed by atoms with van der Waals surface area (Å²) in [7, 11) is -3.46. The van der Waals surface area contributed by atoms with Crippen molar-refractivity contribution in [2.45, 2.75) is 44.6 Å². The molecule has 0 atom stereocenters. The lowest BCUT2D eigenvalue weighted by atomic mass is 9.82. The van der Waals surface area contributed by atoms with Crippen molar-refractivity contribution in [2.75, 3.05) is 13.1 Å². The molecule has 0 spiro atoms. The average molecular weight is 375 g/mol. The summed E-state index contributed by atoms with van der Waals surface area (Å²) in [5.41, 5.74) is 6.58. The Morgan fingerprint density at radius 2 is 2.00 bits per heavy atom. The van der Waals surface area contributed by atoms with Gasteiger partial charge in [-0.25, -0.2) is 8.42 Å². The summed E-state index contributed by atoms with van der Waals surface area (Å²) in [6.45, 7) is 5.84. The predicted molar refractivity (Wildman–Crippen MR) is 88.4 cm³/mol. The Bertz CT molecular complexity index is 612. The fourth-order valence-corrected chi connectivity index (χ4v) is 5.47. The number of nitrogens with two attached hydrogens (primary N) is 1. The maximum absolute atomic E-state index is 12.9. The van der Waals surface area contributed by atoms with E-state index in [0.29, 0.717) is 29.0 Å². The van der Waals surface area contributed by atoms with Crippen molar-refractivity contribution >= 4 is 26.0 Å². The first-order valence-electron chi connectivity index (χ1n) is 7.37. The molecule has 118 valence electrons. The number of rotatable bonds is 5. The smallest absolute Gasteiger partial charge is 0.244 e. The van der Waals surface area contributed by atoms with E-state index in [1.165, 1.54) is 0 Å². The zero-order chi connectivity index (χ0) is 15.7. The molecule has 2 rings (SSSR count). The Morgan fingerprint density at radius 3 is 2.52 bits per heavy atom. The number of hydrogen-bond acceptors (Lipinski definition) is 3. The number of halogens is 1. The van der Waals surface area contributed by atoms with Gasteiger partial charge in [-0.05, 0) is 58.3 Å². The maximum Gasteiger partial charge on any atom is 0.244 e. The largest absolute Gasteiger partial charge is 0.326 e. The van der Waals surface area contributed by atoms with Gasteiger partial charge in [0.15, 0.2) is 0 Å². The number of hydrogen-bond donors (Lipinski definition) is 1. The van der Waals surface area contributed by atoms with Gasteiger partial charge in [-0.3, -0.25) is 0 Å². The third-order valence-corrected chi connectivity index (χ3v) is 7.59. The highest BCUT2D eigenvalue weighted by molar-refractivity contribution is 9.10. The quantitative estimate of drug-likeness (QED) is 0.860. The van der Waals surface area contributed by atoms with Gasteiger partial charge >= 0.3 is 0 Å². The molecule has 1 aliphatic heterocycles. The molecular formula is C15H23BrN2O2S. The molecule has 1 aromatic carbocycles. The van der Waals surface area contributed by atoms with Crippen molar-refractivity contribution in [3.8, 4) is 0 Å². The Labute approximate surface area is 135 Å². The molecule has 0 aromatic heterocycles. The van der Waals surface area contributed by atoms with Crippen molar-refractivity contribution in [3.63, 3.8) is 0 Å². The lowest BCUT2D eigenvalue weighted by Crippen LogP contribution is -2.32. The lowest BCUT2D eigenvalue weighted by Gasteiger charge is -2.26. The van der Waals surface area contributed by atoms with E-state index in [1.807, 2.05) is 6.07 Å². The Morgan fingerprint density at radius 1 is 1.33 bits per heavy atom. The van der Waals surface area contributed by atoms with E-state index in [4.69, 9.17) is 5.73 Å². The van der Waals surface area contributed by atoms with E-state index >= 15 is 0 Å². The van der Waals surface area contributed by atoms with Crippen molar-refractivity contribution in [3.05, 3.63) is 28.2 Å². The molecule has 1 saturated heterocycles. The van der Waals surface area contributed by atoms with E-state index in [0.717, 1.165) is 24.8 Å². The van der Waals surface area contributed by atoms with Crippen LogP contribution in [-0.4, -0.2) is 25.8 Å². The van der Waals surface area contributed by atoms with Gasteiger partial charge in [-0.15, -0.1) is 0 Å². The SMILES string of the molecule is CCC1(CC)CCN(S(=O)(=O)c2cc(CN)ccc2Br)C1. The number of sulfonamides is 1. The first-order valence-corrected chi connectivity index (χ1v) is 9.60. The maximum atomic E-state index is 12.9. The summed E-state index contributed by atoms with van der Waals surface area (Å²) in [6.07, 6.45) is 2.96. The van der Waals surface area contributed by atoms with Crippen LogP contribution in [0.2, 0.25) is 0 Å². The molecule has 1 heterocycles. The van der Waals surface area contributed by atoms with Crippen LogP contribution in [-0.2, 0) is 16.6 Å². The van der Waals surface area contributed by atoms with Gasteiger partial charge in [-0.2, -0.15) is 4.31 Å². The molecule has 2 N–H and O–H groups in total. The first-order chi connectivity index (χ1) is 9.88. The minimum Gasteiger partial charge on any atom is -0.326 e. The molecular weight excluding hydrogens is 352 g/mol. The van der Waals surface area contributed by atoms with Crippen LogP contribution < -0.4 is 5.73 Å². The van der Waals surface area contributed by atoms with Crippen LogP contribution in [0.25, 0.3) is 0 Å². The fraction of sp³-hybridized carbons (Fsp3) is 0.600. The molecule has 1 aromatic rings. The zero-order valence-electron chi connectivity index (χ0n) is 12.6.